The third-order valence-corrected chi connectivity index (χ3v) is 7.72. The number of carbonyl (C=O) groups is 3. The summed E-state index contributed by atoms with van der Waals surface area (Å²) in [6, 6.07) is 8.53. The van der Waals surface area contributed by atoms with E-state index in [-0.39, 0.29) is 38.0 Å². The zero-order chi connectivity index (χ0) is 27.0. The normalized spacial score (nSPS) is 16.8. The first-order valence-electron chi connectivity index (χ1n) is 11.1. The number of Topliss-reactive ketones (excluding diaryl/α,β-unsaturated/α-hetero) is 1. The number of amides is 1. The van der Waals surface area contributed by atoms with Gasteiger partial charge >= 0.3 is 11.9 Å². The molecule has 1 aliphatic rings. The first kappa shape index (κ1) is 26.7. The lowest BCUT2D eigenvalue weighted by Crippen LogP contribution is -2.29. The molecule has 0 aliphatic carbocycles. The molecule has 2 heterocycles. The van der Waals surface area contributed by atoms with Gasteiger partial charge in [0.15, 0.2) is 5.13 Å². The Morgan fingerprint density at radius 1 is 1.14 bits per heavy atom. The average molecular weight is 561 g/mol. The van der Waals surface area contributed by atoms with Gasteiger partial charge in [0.1, 0.15) is 16.4 Å². The van der Waals surface area contributed by atoms with Crippen LogP contribution < -0.4 is 9.64 Å². The molecule has 1 amide bonds. The molecule has 37 heavy (non-hydrogen) atoms. The molecule has 0 unspecified atom stereocenters. The zero-order valence-electron chi connectivity index (χ0n) is 20.3. The van der Waals surface area contributed by atoms with Crippen LogP contribution in [0.5, 0.6) is 5.75 Å². The Balaban J connectivity index is 1.95. The van der Waals surface area contributed by atoms with Gasteiger partial charge in [0.2, 0.25) is 0 Å². The van der Waals surface area contributed by atoms with Gasteiger partial charge in [0, 0.05) is 5.56 Å². The number of aromatic nitrogens is 1. The van der Waals surface area contributed by atoms with Crippen LogP contribution in [0.2, 0.25) is 10.0 Å². The number of hydrogen-bond acceptors (Lipinski definition) is 8. The quantitative estimate of drug-likeness (QED) is 0.173. The number of aryl methyl sites for hydroxylation is 2. The molecule has 8 nitrogen and oxygen atoms in total. The molecule has 1 atom stereocenters. The van der Waals surface area contributed by atoms with E-state index in [2.05, 4.69) is 4.98 Å². The molecule has 3 aromatic rings. The Bertz CT molecular complexity index is 1470. The number of esters is 1. The van der Waals surface area contributed by atoms with Crippen molar-refractivity contribution in [3.63, 3.8) is 0 Å². The highest BCUT2D eigenvalue weighted by molar-refractivity contribution is 7.17. The van der Waals surface area contributed by atoms with E-state index in [1.165, 1.54) is 19.2 Å². The van der Waals surface area contributed by atoms with Crippen molar-refractivity contribution < 1.29 is 29.0 Å². The monoisotopic (exact) mass is 560 g/mol. The number of benzene rings is 2. The number of methoxy groups -OCH3 is 1. The van der Waals surface area contributed by atoms with Crippen LogP contribution >= 0.6 is 34.5 Å². The number of aliphatic hydroxyl groups excluding tert-OH is 1. The molecule has 0 bridgehead atoms. The number of ketones is 1. The first-order chi connectivity index (χ1) is 17.6. The van der Waals surface area contributed by atoms with Gasteiger partial charge < -0.3 is 14.6 Å². The lowest BCUT2D eigenvalue weighted by Gasteiger charge is -2.23. The molecule has 1 N–H and O–H groups in total. The topological polar surface area (TPSA) is 106 Å². The van der Waals surface area contributed by atoms with E-state index in [9.17, 15) is 19.5 Å². The Morgan fingerprint density at radius 2 is 1.86 bits per heavy atom. The number of nitrogens with zero attached hydrogens (tertiary/aromatic N) is 2. The summed E-state index contributed by atoms with van der Waals surface area (Å²) in [5.41, 5.74) is 1.60. The Kier molecular flexibility index (Phi) is 7.59. The molecule has 0 spiro atoms. The highest BCUT2D eigenvalue weighted by Gasteiger charge is 2.48. The van der Waals surface area contributed by atoms with Gasteiger partial charge in [-0.05, 0) is 62.2 Å². The minimum absolute atomic E-state index is 0.101. The van der Waals surface area contributed by atoms with Crippen LogP contribution in [0.3, 0.4) is 0 Å². The maximum atomic E-state index is 13.4. The molecule has 0 radical (unpaired) electrons. The summed E-state index contributed by atoms with van der Waals surface area (Å²) in [5, 5.41) is 12.0. The molecule has 1 aliphatic heterocycles. The summed E-state index contributed by atoms with van der Waals surface area (Å²) in [6.45, 7) is 5.20. The zero-order valence-corrected chi connectivity index (χ0v) is 22.6. The number of thiazole rings is 1. The molecule has 2 aromatic carbocycles. The lowest BCUT2D eigenvalue weighted by atomic mass is 9.94. The number of halogens is 2. The Morgan fingerprint density at radius 3 is 2.49 bits per heavy atom. The fourth-order valence-corrected chi connectivity index (χ4v) is 5.37. The van der Waals surface area contributed by atoms with Gasteiger partial charge in [-0.3, -0.25) is 14.5 Å². The molecule has 0 saturated carbocycles. The van der Waals surface area contributed by atoms with Crippen LogP contribution in [0.25, 0.3) is 5.76 Å². The summed E-state index contributed by atoms with van der Waals surface area (Å²) < 4.78 is 10.3. The second kappa shape index (κ2) is 10.5. The van der Waals surface area contributed by atoms with E-state index in [1.54, 1.807) is 45.0 Å². The molecule has 4 rings (SSSR count). The van der Waals surface area contributed by atoms with Crippen molar-refractivity contribution in [1.29, 1.82) is 0 Å². The SMILES string of the molecule is CCOC(=O)c1sc(N2C(=O)C(=O)/C(=C(/O)c3ccc(OC)cc3C)[C@@H]2c2ccc(Cl)c(Cl)c2)nc1C. The molecule has 11 heteroatoms. The van der Waals surface area contributed by atoms with Crippen LogP contribution in [0, 0.1) is 13.8 Å². The van der Waals surface area contributed by atoms with Gasteiger partial charge in [0.05, 0.1) is 41.1 Å². The van der Waals surface area contributed by atoms with Crippen molar-refractivity contribution in [3.05, 3.63) is 79.3 Å². The molecule has 192 valence electrons. The predicted molar refractivity (Wildman–Crippen MR) is 142 cm³/mol. The smallest absolute Gasteiger partial charge is 0.350 e. The number of carbonyl (C=O) groups excluding carboxylic acids is 3. The fourth-order valence-electron chi connectivity index (χ4n) is 4.07. The van der Waals surface area contributed by atoms with Crippen molar-refractivity contribution in [2.24, 2.45) is 0 Å². The van der Waals surface area contributed by atoms with Crippen LogP contribution in [-0.4, -0.2) is 41.5 Å². The second-order valence-electron chi connectivity index (χ2n) is 8.15. The van der Waals surface area contributed by atoms with E-state index in [0.717, 1.165) is 16.2 Å². The third kappa shape index (κ3) is 4.82. The Labute approximate surface area is 227 Å². The molecular weight excluding hydrogens is 539 g/mol. The van der Waals surface area contributed by atoms with Crippen LogP contribution in [0.15, 0.2) is 42.0 Å². The van der Waals surface area contributed by atoms with Crippen LogP contribution in [0.4, 0.5) is 5.13 Å². The maximum Gasteiger partial charge on any atom is 0.350 e. The van der Waals surface area contributed by atoms with Crippen molar-refractivity contribution in [2.45, 2.75) is 26.8 Å². The van der Waals surface area contributed by atoms with Crippen molar-refractivity contribution in [2.75, 3.05) is 18.6 Å². The third-order valence-electron chi connectivity index (χ3n) is 5.84. The highest BCUT2D eigenvalue weighted by Crippen LogP contribution is 2.45. The van der Waals surface area contributed by atoms with E-state index in [0.29, 0.717) is 28.1 Å². The van der Waals surface area contributed by atoms with Crippen LogP contribution in [0.1, 0.15) is 45.0 Å². The number of hydrogen-bond donors (Lipinski definition) is 1. The van der Waals surface area contributed by atoms with Gasteiger partial charge in [-0.25, -0.2) is 9.78 Å². The fraction of sp³-hybridized carbons (Fsp3) is 0.231. The molecule has 1 saturated heterocycles. The molecular formula is C26H22Cl2N2O6S. The van der Waals surface area contributed by atoms with Crippen molar-refractivity contribution >= 4 is 63.1 Å². The van der Waals surface area contributed by atoms with Crippen molar-refractivity contribution in [1.82, 2.24) is 4.98 Å². The molecule has 1 aromatic heterocycles. The van der Waals surface area contributed by atoms with Gasteiger partial charge in [-0.2, -0.15) is 0 Å². The average Bonchev–Trinajstić information content (AvgIpc) is 3.37. The Hall–Kier alpha value is -3.40. The minimum atomic E-state index is -1.09. The van der Waals surface area contributed by atoms with E-state index in [4.69, 9.17) is 32.7 Å². The number of aliphatic hydroxyl groups is 1. The van der Waals surface area contributed by atoms with E-state index in [1.807, 2.05) is 0 Å². The lowest BCUT2D eigenvalue weighted by molar-refractivity contribution is -0.132. The largest absolute Gasteiger partial charge is 0.507 e. The summed E-state index contributed by atoms with van der Waals surface area (Å²) >= 11 is 13.3. The highest BCUT2D eigenvalue weighted by atomic mass is 35.5. The number of rotatable bonds is 6. The summed E-state index contributed by atoms with van der Waals surface area (Å²) in [4.78, 5) is 45.0. The second-order valence-corrected chi connectivity index (χ2v) is 9.95. The number of anilines is 1. The van der Waals surface area contributed by atoms with Crippen molar-refractivity contribution in [3.8, 4) is 5.75 Å². The van der Waals surface area contributed by atoms with Crippen LogP contribution in [-0.2, 0) is 14.3 Å². The summed E-state index contributed by atoms with van der Waals surface area (Å²) in [5.74, 6) is -2.20. The number of ether oxygens (including phenoxy) is 2. The minimum Gasteiger partial charge on any atom is -0.507 e. The predicted octanol–water partition coefficient (Wildman–Crippen LogP) is 5.88. The standard InChI is InChI=1S/C26H22Cl2N2O6S/c1-5-36-25(34)23-13(3)29-26(37-23)30-20(14-6-9-17(27)18(28)11-14)19(22(32)24(30)33)21(31)16-8-7-15(35-4)10-12(16)2/h6-11,20,31H,5H2,1-4H3/b21-19+/t20-/m0/s1. The van der Waals surface area contributed by atoms with Gasteiger partial charge in [0.25, 0.3) is 5.78 Å². The summed E-state index contributed by atoms with van der Waals surface area (Å²) in [6.07, 6.45) is 0. The first-order valence-corrected chi connectivity index (χ1v) is 12.7. The summed E-state index contributed by atoms with van der Waals surface area (Å²) in [7, 11) is 1.52. The van der Waals surface area contributed by atoms with Gasteiger partial charge in [-0.15, -0.1) is 0 Å². The molecule has 1 fully saturated rings. The van der Waals surface area contributed by atoms with Gasteiger partial charge in [-0.1, -0.05) is 40.6 Å². The van der Waals surface area contributed by atoms with E-state index < -0.39 is 23.7 Å². The maximum absolute atomic E-state index is 13.4. The van der Waals surface area contributed by atoms with E-state index >= 15 is 0 Å².